The van der Waals surface area contributed by atoms with Crippen LogP contribution in [-0.4, -0.2) is 38.2 Å². The Balaban J connectivity index is 2.45. The Morgan fingerprint density at radius 1 is 1.23 bits per heavy atom. The summed E-state index contributed by atoms with van der Waals surface area (Å²) < 4.78 is 31.6. The number of anilines is 2. The molecule has 0 radical (unpaired) electrons. The van der Waals surface area contributed by atoms with Crippen molar-refractivity contribution >= 4 is 33.0 Å². The van der Waals surface area contributed by atoms with Crippen molar-refractivity contribution in [1.29, 1.82) is 0 Å². The van der Waals surface area contributed by atoms with Gasteiger partial charge in [0.2, 0.25) is 15.9 Å². The van der Waals surface area contributed by atoms with Crippen molar-refractivity contribution in [2.75, 3.05) is 22.5 Å². The van der Waals surface area contributed by atoms with Gasteiger partial charge >= 0.3 is 0 Å². The first-order chi connectivity index (χ1) is 14.1. The third-order valence-electron chi connectivity index (χ3n) is 4.38. The maximum Gasteiger partial charge on any atom is 0.271 e. The number of carbonyl (C=O) groups is 1. The van der Waals surface area contributed by atoms with Crippen LogP contribution in [0.5, 0.6) is 5.75 Å². The van der Waals surface area contributed by atoms with E-state index in [4.69, 9.17) is 4.74 Å². The van der Waals surface area contributed by atoms with E-state index < -0.39 is 26.9 Å². The lowest BCUT2D eigenvalue weighted by atomic mass is 10.1. The van der Waals surface area contributed by atoms with Crippen LogP contribution in [0.1, 0.15) is 25.8 Å². The zero-order valence-electron chi connectivity index (χ0n) is 17.3. The van der Waals surface area contributed by atoms with Crippen LogP contribution in [-0.2, 0) is 14.8 Å². The number of nitrogens with zero attached hydrogens (tertiary/aromatic N) is 2. The van der Waals surface area contributed by atoms with E-state index in [-0.39, 0.29) is 17.8 Å². The number of rotatable bonds is 9. The number of hydrogen-bond donors (Lipinski definition) is 1. The number of aryl methyl sites for hydroxylation is 1. The van der Waals surface area contributed by atoms with Gasteiger partial charge in [0.25, 0.3) is 5.69 Å². The van der Waals surface area contributed by atoms with Gasteiger partial charge in [-0.05, 0) is 38.0 Å². The molecule has 0 aromatic heterocycles. The summed E-state index contributed by atoms with van der Waals surface area (Å²) in [6.07, 6.45) is 1.13. The van der Waals surface area contributed by atoms with Crippen LogP contribution in [0.3, 0.4) is 0 Å². The zero-order chi connectivity index (χ0) is 22.5. The number of hydrogen-bond acceptors (Lipinski definition) is 6. The predicted molar refractivity (Wildman–Crippen MR) is 115 cm³/mol. The lowest BCUT2D eigenvalue weighted by Crippen LogP contribution is -2.47. The molecule has 0 fully saturated rings. The number of amides is 1. The maximum absolute atomic E-state index is 13.0. The summed E-state index contributed by atoms with van der Waals surface area (Å²) in [5, 5.41) is 13.9. The van der Waals surface area contributed by atoms with Crippen molar-refractivity contribution in [3.8, 4) is 5.75 Å². The summed E-state index contributed by atoms with van der Waals surface area (Å²) in [4.78, 5) is 23.6. The molecule has 0 saturated heterocycles. The lowest BCUT2D eigenvalue weighted by Gasteiger charge is -2.31. The molecular formula is C20H25N3O6S. The third kappa shape index (κ3) is 5.47. The topological polar surface area (TPSA) is 119 Å². The van der Waals surface area contributed by atoms with Crippen molar-refractivity contribution in [3.63, 3.8) is 0 Å². The molecule has 0 aliphatic carbocycles. The quantitative estimate of drug-likeness (QED) is 0.476. The maximum atomic E-state index is 13.0. The van der Waals surface area contributed by atoms with Gasteiger partial charge in [-0.1, -0.05) is 19.1 Å². The van der Waals surface area contributed by atoms with Crippen LogP contribution >= 0.6 is 0 Å². The minimum absolute atomic E-state index is 0.0942. The van der Waals surface area contributed by atoms with E-state index in [2.05, 4.69) is 5.32 Å². The number of nitro groups is 1. The second-order valence-corrected chi connectivity index (χ2v) is 8.52. The molecule has 2 aromatic rings. The van der Waals surface area contributed by atoms with E-state index in [9.17, 15) is 23.3 Å². The molecule has 0 saturated carbocycles. The Bertz CT molecular complexity index is 1040. The van der Waals surface area contributed by atoms with E-state index in [0.29, 0.717) is 23.6 Å². The molecule has 1 amide bonds. The average Bonchev–Trinajstić information content (AvgIpc) is 2.66. The summed E-state index contributed by atoms with van der Waals surface area (Å²) in [6, 6.07) is 9.57. The Labute approximate surface area is 175 Å². The molecule has 9 nitrogen and oxygen atoms in total. The molecule has 0 spiro atoms. The number of ether oxygens (including phenoxy) is 1. The van der Waals surface area contributed by atoms with Gasteiger partial charge in [0.05, 0.1) is 23.5 Å². The Kier molecular flexibility index (Phi) is 7.38. The van der Waals surface area contributed by atoms with Crippen LogP contribution in [0.15, 0.2) is 42.5 Å². The summed E-state index contributed by atoms with van der Waals surface area (Å²) in [7, 11) is -3.92. The van der Waals surface area contributed by atoms with Crippen LogP contribution in [0.4, 0.5) is 17.1 Å². The molecular weight excluding hydrogens is 410 g/mol. The Morgan fingerprint density at radius 2 is 1.93 bits per heavy atom. The fraction of sp³-hybridized carbons (Fsp3) is 0.350. The highest BCUT2D eigenvalue weighted by atomic mass is 32.2. The van der Waals surface area contributed by atoms with Gasteiger partial charge in [-0.15, -0.1) is 0 Å². The standard InChI is InChI=1S/C20H25N3O6S/c1-5-18(20(24)21-15-8-7-9-17(12-15)29-6-2)22(30(4,27)28)19-13-16(23(25)26)11-10-14(19)3/h7-13,18H,5-6H2,1-4H3,(H,21,24)/t18-/m1/s1. The van der Waals surface area contributed by atoms with Gasteiger partial charge in [0, 0.05) is 23.9 Å². The molecule has 0 bridgehead atoms. The molecule has 0 heterocycles. The van der Waals surface area contributed by atoms with Crippen molar-refractivity contribution in [3.05, 3.63) is 58.1 Å². The molecule has 2 aromatic carbocycles. The van der Waals surface area contributed by atoms with Gasteiger partial charge < -0.3 is 10.1 Å². The normalized spacial score (nSPS) is 12.1. The van der Waals surface area contributed by atoms with Crippen LogP contribution < -0.4 is 14.4 Å². The van der Waals surface area contributed by atoms with Gasteiger partial charge in [-0.2, -0.15) is 0 Å². The van der Waals surface area contributed by atoms with Crippen molar-refractivity contribution in [2.45, 2.75) is 33.2 Å². The fourth-order valence-corrected chi connectivity index (χ4v) is 4.30. The van der Waals surface area contributed by atoms with Gasteiger partial charge in [-0.25, -0.2) is 8.42 Å². The first-order valence-electron chi connectivity index (χ1n) is 9.36. The summed E-state index contributed by atoms with van der Waals surface area (Å²) in [6.45, 7) is 5.60. The SMILES string of the molecule is CCOc1cccc(NC(=O)[C@@H](CC)N(c2cc([N+](=O)[O-])ccc2C)S(C)(=O)=O)c1. The highest BCUT2D eigenvalue weighted by Gasteiger charge is 2.33. The van der Waals surface area contributed by atoms with Gasteiger partial charge in [0.1, 0.15) is 11.8 Å². The average molecular weight is 436 g/mol. The predicted octanol–water partition coefficient (Wildman–Crippen LogP) is 3.49. The molecule has 0 unspecified atom stereocenters. The Morgan fingerprint density at radius 3 is 2.50 bits per heavy atom. The second kappa shape index (κ2) is 9.57. The number of benzene rings is 2. The highest BCUT2D eigenvalue weighted by molar-refractivity contribution is 7.92. The second-order valence-electron chi connectivity index (χ2n) is 6.66. The van der Waals surface area contributed by atoms with E-state index in [1.807, 2.05) is 6.92 Å². The van der Waals surface area contributed by atoms with Crippen LogP contribution in [0, 0.1) is 17.0 Å². The summed E-state index contributed by atoms with van der Waals surface area (Å²) in [5.74, 6) is 0.0142. The number of nitrogens with one attached hydrogen (secondary N) is 1. The minimum atomic E-state index is -3.92. The first-order valence-corrected chi connectivity index (χ1v) is 11.2. The monoisotopic (exact) mass is 435 g/mol. The van der Waals surface area contributed by atoms with E-state index in [0.717, 1.165) is 10.6 Å². The van der Waals surface area contributed by atoms with E-state index >= 15 is 0 Å². The zero-order valence-corrected chi connectivity index (χ0v) is 18.1. The summed E-state index contributed by atoms with van der Waals surface area (Å²) in [5.41, 5.74) is 0.782. The van der Waals surface area contributed by atoms with E-state index in [1.54, 1.807) is 38.1 Å². The highest BCUT2D eigenvalue weighted by Crippen LogP contribution is 2.30. The number of sulfonamides is 1. The number of non-ortho nitro benzene ring substituents is 1. The van der Waals surface area contributed by atoms with Crippen molar-refractivity contribution in [1.82, 2.24) is 0 Å². The summed E-state index contributed by atoms with van der Waals surface area (Å²) >= 11 is 0. The van der Waals surface area contributed by atoms with Crippen LogP contribution in [0.2, 0.25) is 0 Å². The third-order valence-corrected chi connectivity index (χ3v) is 5.55. The van der Waals surface area contributed by atoms with E-state index in [1.165, 1.54) is 18.2 Å². The molecule has 0 aliphatic rings. The smallest absolute Gasteiger partial charge is 0.271 e. The minimum Gasteiger partial charge on any atom is -0.494 e. The first kappa shape index (κ1) is 23.1. The molecule has 1 atom stereocenters. The Hall–Kier alpha value is -3.14. The molecule has 162 valence electrons. The molecule has 10 heteroatoms. The fourth-order valence-electron chi connectivity index (χ4n) is 3.04. The number of nitro benzene ring substituents is 1. The van der Waals surface area contributed by atoms with Gasteiger partial charge in [0.15, 0.2) is 0 Å². The van der Waals surface area contributed by atoms with Gasteiger partial charge in [-0.3, -0.25) is 19.2 Å². The number of carbonyl (C=O) groups excluding carboxylic acids is 1. The largest absolute Gasteiger partial charge is 0.494 e. The lowest BCUT2D eigenvalue weighted by molar-refractivity contribution is -0.384. The molecule has 0 aliphatic heterocycles. The van der Waals surface area contributed by atoms with Crippen LogP contribution in [0.25, 0.3) is 0 Å². The van der Waals surface area contributed by atoms with Crippen molar-refractivity contribution < 1.29 is 22.9 Å². The molecule has 2 rings (SSSR count). The van der Waals surface area contributed by atoms with Crippen molar-refractivity contribution in [2.24, 2.45) is 0 Å². The molecule has 1 N–H and O–H groups in total. The molecule has 30 heavy (non-hydrogen) atoms.